The van der Waals surface area contributed by atoms with Gasteiger partial charge in [-0.1, -0.05) is 85.7 Å². The van der Waals surface area contributed by atoms with E-state index in [1.807, 2.05) is 36.7 Å². The van der Waals surface area contributed by atoms with E-state index < -0.39 is 0 Å². The lowest BCUT2D eigenvalue weighted by atomic mass is 9.63. The molecule has 2 aromatic carbocycles. The fraction of sp³-hybridized carbons (Fsp3) is 0.426. The van der Waals surface area contributed by atoms with E-state index in [4.69, 9.17) is 9.97 Å². The number of hydrogen-bond donors (Lipinski definition) is 0. The minimum atomic E-state index is 0.196. The maximum atomic E-state index is 4.93. The number of fused-ring (bicyclic) bond motifs is 2. The van der Waals surface area contributed by atoms with Crippen molar-refractivity contribution in [3.63, 3.8) is 0 Å². The van der Waals surface area contributed by atoms with Gasteiger partial charge >= 0.3 is 0 Å². The van der Waals surface area contributed by atoms with Gasteiger partial charge in [-0.3, -0.25) is 4.98 Å². The Bertz CT molecular complexity index is 2140. The summed E-state index contributed by atoms with van der Waals surface area (Å²) in [5.74, 6) is 1.63. The Morgan fingerprint density at radius 2 is 0.981 bits per heavy atom. The average molecular weight is 705 g/mol. The second-order valence-corrected chi connectivity index (χ2v) is 18.1. The Labute approximate surface area is 317 Å². The molecule has 6 heteroatoms. The van der Waals surface area contributed by atoms with Crippen molar-refractivity contribution in [2.75, 3.05) is 20.1 Å². The Morgan fingerprint density at radius 3 is 1.47 bits per heavy atom. The molecule has 0 fully saturated rings. The number of hydrogen-bond acceptors (Lipinski definition) is 6. The highest BCUT2D eigenvalue weighted by Crippen LogP contribution is 2.48. The molecule has 3 aliphatic rings. The van der Waals surface area contributed by atoms with Gasteiger partial charge in [-0.15, -0.1) is 0 Å². The first-order valence-electron chi connectivity index (χ1n) is 19.4. The highest BCUT2D eigenvalue weighted by Gasteiger charge is 2.38. The molecule has 0 spiro atoms. The highest BCUT2D eigenvalue weighted by molar-refractivity contribution is 5.68. The quantitative estimate of drug-likeness (QED) is 0.186. The molecule has 0 N–H and O–H groups in total. The molecular weight excluding hydrogens is 649 g/mol. The molecule has 2 aliphatic carbocycles. The third kappa shape index (κ3) is 7.62. The smallest absolute Gasteiger partial charge is 0.159 e. The molecule has 4 heterocycles. The van der Waals surface area contributed by atoms with Crippen LogP contribution in [0.15, 0.2) is 91.5 Å². The van der Waals surface area contributed by atoms with Gasteiger partial charge in [0.05, 0.1) is 11.4 Å². The molecule has 274 valence electrons. The van der Waals surface area contributed by atoms with Crippen LogP contribution in [0.25, 0.3) is 39.5 Å². The topological polar surface area (TPSA) is 67.7 Å². The van der Waals surface area contributed by atoms with Crippen LogP contribution in [0, 0.1) is 0 Å². The van der Waals surface area contributed by atoms with E-state index >= 15 is 0 Å². The highest BCUT2D eigenvalue weighted by atomic mass is 15.1. The third-order valence-corrected chi connectivity index (χ3v) is 12.2. The summed E-state index contributed by atoms with van der Waals surface area (Å²) in [6, 6.07) is 21.7. The molecule has 0 atom stereocenters. The second-order valence-electron chi connectivity index (χ2n) is 18.1. The van der Waals surface area contributed by atoms with Crippen LogP contribution >= 0.6 is 0 Å². The molecule has 3 aromatic heterocycles. The van der Waals surface area contributed by atoms with Crippen molar-refractivity contribution >= 4 is 5.57 Å². The van der Waals surface area contributed by atoms with Crippen LogP contribution in [-0.4, -0.2) is 50.0 Å². The summed E-state index contributed by atoms with van der Waals surface area (Å²) in [6.45, 7) is 21.0. The van der Waals surface area contributed by atoms with Gasteiger partial charge in [0.25, 0.3) is 0 Å². The predicted octanol–water partition coefficient (Wildman–Crippen LogP) is 10.8. The van der Waals surface area contributed by atoms with Crippen LogP contribution in [0.3, 0.4) is 0 Å². The average Bonchev–Trinajstić information content (AvgIpc) is 3.16. The van der Waals surface area contributed by atoms with Gasteiger partial charge in [-0.2, -0.15) is 0 Å². The Balaban J connectivity index is 0.000000164. The van der Waals surface area contributed by atoms with Crippen molar-refractivity contribution in [2.24, 2.45) is 0 Å². The number of aromatic nitrogens is 5. The number of rotatable bonds is 4. The van der Waals surface area contributed by atoms with E-state index in [0.717, 1.165) is 53.7 Å². The second kappa shape index (κ2) is 14.0. The summed E-state index contributed by atoms with van der Waals surface area (Å²) in [5.41, 5.74) is 13.4. The third-order valence-electron chi connectivity index (χ3n) is 12.2. The van der Waals surface area contributed by atoms with E-state index in [-0.39, 0.29) is 21.7 Å². The standard InChI is InChI=1S/C24H31N3.C23H25N3/c1-23(2)11-12-24(3,4)20-16-18(6-7-19(20)23)21-8-13-25-22(26-21)17-9-14-27(5)15-10-17;1-22(2)10-11-23(3,4)19-15-17(5-6-18(19)22)20-9-14-25-21(26-20)16-7-12-24-13-8-16/h6-9,13,16H,10-12,14-15H2,1-5H3;5-9,12-15H,10-11H2,1-4H3. The molecule has 0 saturated heterocycles. The van der Waals surface area contributed by atoms with E-state index in [0.29, 0.717) is 0 Å². The first-order chi connectivity index (χ1) is 25.1. The molecular formula is C47H56N6. The molecule has 8 rings (SSSR count). The maximum absolute atomic E-state index is 4.93. The number of nitrogens with zero attached hydrogens (tertiary/aromatic N) is 6. The Hall–Kier alpha value is -4.55. The van der Waals surface area contributed by atoms with Gasteiger partial charge in [0.1, 0.15) is 0 Å². The molecule has 0 amide bonds. The van der Waals surface area contributed by atoms with Crippen molar-refractivity contribution in [3.8, 4) is 33.9 Å². The molecule has 0 radical (unpaired) electrons. The number of benzene rings is 2. The lowest BCUT2D eigenvalue weighted by Crippen LogP contribution is -2.33. The monoisotopic (exact) mass is 704 g/mol. The molecule has 5 aromatic rings. The molecule has 6 nitrogen and oxygen atoms in total. The lowest BCUT2D eigenvalue weighted by molar-refractivity contribution is 0.332. The Kier molecular flexibility index (Phi) is 9.73. The van der Waals surface area contributed by atoms with E-state index in [1.165, 1.54) is 59.1 Å². The maximum Gasteiger partial charge on any atom is 0.159 e. The van der Waals surface area contributed by atoms with Crippen molar-refractivity contribution in [1.29, 1.82) is 0 Å². The first-order valence-corrected chi connectivity index (χ1v) is 19.4. The predicted molar refractivity (Wildman–Crippen MR) is 219 cm³/mol. The zero-order valence-corrected chi connectivity index (χ0v) is 33.3. The van der Waals surface area contributed by atoms with E-state index in [9.17, 15) is 0 Å². The van der Waals surface area contributed by atoms with Crippen LogP contribution in [0.4, 0.5) is 0 Å². The van der Waals surface area contributed by atoms with Gasteiger partial charge in [0, 0.05) is 54.6 Å². The summed E-state index contributed by atoms with van der Waals surface area (Å²) >= 11 is 0. The molecule has 0 bridgehead atoms. The van der Waals surface area contributed by atoms with E-state index in [1.54, 1.807) is 12.4 Å². The zero-order chi connectivity index (χ0) is 37.6. The fourth-order valence-electron chi connectivity index (χ4n) is 8.30. The summed E-state index contributed by atoms with van der Waals surface area (Å²) in [6.07, 6.45) is 15.5. The normalized spacial score (nSPS) is 19.5. The molecule has 1 aliphatic heterocycles. The summed E-state index contributed by atoms with van der Waals surface area (Å²) in [4.78, 5) is 25.1. The SMILES string of the molecule is CC1(C)CCC(C)(C)c2cc(-c3ccnc(-c4ccncc4)n3)ccc21.CN1CC=C(c2nccc(-c3ccc4c(c3)C(C)(C)CCC4(C)C)n2)CC1. The zero-order valence-electron chi connectivity index (χ0n) is 33.3. The molecule has 0 unspecified atom stereocenters. The van der Waals surface area contributed by atoms with Gasteiger partial charge in [0.15, 0.2) is 11.6 Å². The van der Waals surface area contributed by atoms with Crippen molar-refractivity contribution in [2.45, 2.75) is 109 Å². The lowest BCUT2D eigenvalue weighted by Gasteiger charge is -2.42. The van der Waals surface area contributed by atoms with Gasteiger partial charge in [0.2, 0.25) is 0 Å². The van der Waals surface area contributed by atoms with Gasteiger partial charge < -0.3 is 4.90 Å². The molecule has 53 heavy (non-hydrogen) atoms. The van der Waals surface area contributed by atoms with Crippen LogP contribution in [0.1, 0.15) is 116 Å². The minimum absolute atomic E-state index is 0.196. The van der Waals surface area contributed by atoms with Gasteiger partial charge in [-0.05, 0) is 125 Å². The largest absolute Gasteiger partial charge is 0.302 e. The number of pyridine rings is 1. The van der Waals surface area contributed by atoms with Gasteiger partial charge in [-0.25, -0.2) is 19.9 Å². The summed E-state index contributed by atoms with van der Waals surface area (Å²) in [7, 11) is 2.15. The fourth-order valence-corrected chi connectivity index (χ4v) is 8.30. The first kappa shape index (κ1) is 36.8. The van der Waals surface area contributed by atoms with Crippen LogP contribution in [0.2, 0.25) is 0 Å². The van der Waals surface area contributed by atoms with Crippen LogP contribution in [0.5, 0.6) is 0 Å². The molecule has 0 saturated carbocycles. The van der Waals surface area contributed by atoms with E-state index in [2.05, 4.69) is 125 Å². The summed E-state index contributed by atoms with van der Waals surface area (Å²) in [5, 5.41) is 0. The van der Waals surface area contributed by atoms with Crippen LogP contribution in [-0.2, 0) is 21.7 Å². The van der Waals surface area contributed by atoms with Crippen molar-refractivity contribution in [1.82, 2.24) is 29.8 Å². The number of likely N-dealkylation sites (N-methyl/N-ethyl adjacent to an activating group) is 1. The van der Waals surface area contributed by atoms with Crippen molar-refractivity contribution < 1.29 is 0 Å². The minimum Gasteiger partial charge on any atom is -0.302 e. The Morgan fingerprint density at radius 1 is 0.509 bits per heavy atom. The summed E-state index contributed by atoms with van der Waals surface area (Å²) < 4.78 is 0. The van der Waals surface area contributed by atoms with Crippen LogP contribution < -0.4 is 0 Å². The van der Waals surface area contributed by atoms with Crippen molar-refractivity contribution in [3.05, 3.63) is 120 Å².